The van der Waals surface area contributed by atoms with Crippen LogP contribution in [0.15, 0.2) is 10.8 Å². The molecule has 0 fully saturated rings. The van der Waals surface area contributed by atoms with Gasteiger partial charge in [-0.25, -0.2) is 5.84 Å². The van der Waals surface area contributed by atoms with Gasteiger partial charge in [0.1, 0.15) is 0 Å². The highest BCUT2D eigenvalue weighted by atomic mass is 32.1. The van der Waals surface area contributed by atoms with Crippen molar-refractivity contribution in [3.8, 4) is 0 Å². The molecule has 0 spiro atoms. The second kappa shape index (κ2) is 4.73. The summed E-state index contributed by atoms with van der Waals surface area (Å²) in [5.74, 6) is 3.23. The Hall–Kier alpha value is -1.40. The summed E-state index contributed by atoms with van der Waals surface area (Å²) >= 11 is 1.56. The number of carbonyl (C=O) groups excluding carboxylic acids is 2. The summed E-state index contributed by atoms with van der Waals surface area (Å²) in [5.41, 5.74) is 3.87. The van der Waals surface area contributed by atoms with Gasteiger partial charge < -0.3 is 5.32 Å². The summed E-state index contributed by atoms with van der Waals surface area (Å²) < 4.78 is 0. The number of aryl methyl sites for hydroxylation is 1. The van der Waals surface area contributed by atoms with Crippen molar-refractivity contribution in [3.05, 3.63) is 21.9 Å². The normalized spacial score (nSPS) is 9.57. The number of rotatable bonds is 2. The lowest BCUT2D eigenvalue weighted by Crippen LogP contribution is -2.42. The van der Waals surface area contributed by atoms with E-state index in [-0.39, 0.29) is 0 Å². The zero-order valence-corrected chi connectivity index (χ0v) is 8.48. The standard InChI is InChI=1S/C8H11N3O2S/c1-5-3-14-4-6(5)2-10-7(12)8(13)11-9/h3-4H,2,9H2,1H3,(H,10,12)(H,11,13). The number of carbonyl (C=O) groups is 2. The Kier molecular flexibility index (Phi) is 3.61. The fourth-order valence-electron chi connectivity index (χ4n) is 0.889. The first-order valence-corrected chi connectivity index (χ1v) is 4.90. The van der Waals surface area contributed by atoms with Gasteiger partial charge >= 0.3 is 11.8 Å². The molecule has 14 heavy (non-hydrogen) atoms. The minimum absolute atomic E-state index is 0.349. The van der Waals surface area contributed by atoms with Crippen molar-refractivity contribution in [1.82, 2.24) is 10.7 Å². The molecule has 1 aromatic rings. The van der Waals surface area contributed by atoms with Gasteiger partial charge in [0.25, 0.3) is 0 Å². The third kappa shape index (κ3) is 2.54. The summed E-state index contributed by atoms with van der Waals surface area (Å²) in [6.07, 6.45) is 0. The minimum Gasteiger partial charge on any atom is -0.344 e. The molecule has 0 aliphatic carbocycles. The summed E-state index contributed by atoms with van der Waals surface area (Å²) in [6.45, 7) is 2.29. The lowest BCUT2D eigenvalue weighted by molar-refractivity contribution is -0.139. The summed E-state index contributed by atoms with van der Waals surface area (Å²) in [4.78, 5) is 21.7. The van der Waals surface area contributed by atoms with Gasteiger partial charge in [-0.3, -0.25) is 15.0 Å². The third-order valence-electron chi connectivity index (χ3n) is 1.74. The SMILES string of the molecule is Cc1cscc1CNC(=O)C(=O)NN. The van der Waals surface area contributed by atoms with Crippen LogP contribution in [0.4, 0.5) is 0 Å². The molecule has 0 bridgehead atoms. The van der Waals surface area contributed by atoms with E-state index in [9.17, 15) is 9.59 Å². The van der Waals surface area contributed by atoms with Gasteiger partial charge in [-0.05, 0) is 28.8 Å². The smallest absolute Gasteiger partial charge is 0.323 e. The molecule has 1 heterocycles. The number of hydrogen-bond acceptors (Lipinski definition) is 4. The molecule has 4 N–H and O–H groups in total. The second-order valence-corrected chi connectivity index (χ2v) is 3.48. The quantitative estimate of drug-likeness (QED) is 0.272. The van der Waals surface area contributed by atoms with Crippen LogP contribution in [0.2, 0.25) is 0 Å². The molecule has 0 aliphatic heterocycles. The average Bonchev–Trinajstić information content (AvgIpc) is 2.59. The molecule has 0 atom stereocenters. The Morgan fingerprint density at radius 2 is 2.14 bits per heavy atom. The molecule has 2 amide bonds. The molecular formula is C8H11N3O2S. The van der Waals surface area contributed by atoms with Crippen molar-refractivity contribution in [1.29, 1.82) is 0 Å². The molecule has 1 aromatic heterocycles. The predicted molar refractivity (Wildman–Crippen MR) is 53.2 cm³/mol. The first-order chi connectivity index (χ1) is 6.65. The number of amides is 2. The molecule has 1 rings (SSSR count). The lowest BCUT2D eigenvalue weighted by atomic mass is 10.2. The maximum atomic E-state index is 11.0. The minimum atomic E-state index is -0.835. The van der Waals surface area contributed by atoms with Crippen LogP contribution < -0.4 is 16.6 Å². The number of nitrogens with one attached hydrogen (secondary N) is 2. The fraction of sp³-hybridized carbons (Fsp3) is 0.250. The van der Waals surface area contributed by atoms with Crippen LogP contribution in [0, 0.1) is 6.92 Å². The highest BCUT2D eigenvalue weighted by Crippen LogP contribution is 2.12. The average molecular weight is 213 g/mol. The Balaban J connectivity index is 2.45. The van der Waals surface area contributed by atoms with E-state index in [1.54, 1.807) is 16.8 Å². The van der Waals surface area contributed by atoms with E-state index in [1.807, 2.05) is 17.7 Å². The van der Waals surface area contributed by atoms with E-state index in [4.69, 9.17) is 5.84 Å². The number of nitrogens with two attached hydrogens (primary N) is 1. The third-order valence-corrected chi connectivity index (χ3v) is 2.65. The second-order valence-electron chi connectivity index (χ2n) is 2.74. The van der Waals surface area contributed by atoms with Gasteiger partial charge in [0.05, 0.1) is 0 Å². The molecule has 0 unspecified atom stereocenters. The van der Waals surface area contributed by atoms with Gasteiger partial charge in [0.2, 0.25) is 0 Å². The Morgan fingerprint density at radius 3 is 2.64 bits per heavy atom. The largest absolute Gasteiger partial charge is 0.344 e. The zero-order chi connectivity index (χ0) is 10.6. The summed E-state index contributed by atoms with van der Waals surface area (Å²) in [6, 6.07) is 0. The number of thiophene rings is 1. The van der Waals surface area contributed by atoms with Gasteiger partial charge in [-0.2, -0.15) is 11.3 Å². The predicted octanol–water partition coefficient (Wildman–Crippen LogP) is -0.337. The van der Waals surface area contributed by atoms with Crippen molar-refractivity contribution in [3.63, 3.8) is 0 Å². The van der Waals surface area contributed by atoms with Crippen LogP contribution in [0.25, 0.3) is 0 Å². The maximum absolute atomic E-state index is 11.0. The van der Waals surface area contributed by atoms with E-state index in [0.717, 1.165) is 11.1 Å². The molecule has 0 radical (unpaired) electrons. The van der Waals surface area contributed by atoms with Crippen LogP contribution in [0.3, 0.4) is 0 Å². The van der Waals surface area contributed by atoms with Crippen LogP contribution in [-0.2, 0) is 16.1 Å². The molecular weight excluding hydrogens is 202 g/mol. The lowest BCUT2D eigenvalue weighted by Gasteiger charge is -2.02. The van der Waals surface area contributed by atoms with Crippen molar-refractivity contribution in [2.45, 2.75) is 13.5 Å². The summed E-state index contributed by atoms with van der Waals surface area (Å²) in [7, 11) is 0. The Morgan fingerprint density at radius 1 is 1.43 bits per heavy atom. The van der Waals surface area contributed by atoms with E-state index in [0.29, 0.717) is 6.54 Å². The first-order valence-electron chi connectivity index (χ1n) is 3.95. The molecule has 0 saturated heterocycles. The molecule has 0 aliphatic rings. The van der Waals surface area contributed by atoms with Crippen LogP contribution in [0.1, 0.15) is 11.1 Å². The highest BCUT2D eigenvalue weighted by Gasteiger charge is 2.11. The number of hydrogen-bond donors (Lipinski definition) is 3. The maximum Gasteiger partial charge on any atom is 0.323 e. The molecule has 0 aromatic carbocycles. The topological polar surface area (TPSA) is 84.2 Å². The molecule has 0 saturated carbocycles. The highest BCUT2D eigenvalue weighted by molar-refractivity contribution is 7.08. The Bertz CT molecular complexity index is 348. The molecule has 6 heteroatoms. The van der Waals surface area contributed by atoms with Gasteiger partial charge in [-0.15, -0.1) is 0 Å². The van der Waals surface area contributed by atoms with Crippen LogP contribution in [0.5, 0.6) is 0 Å². The molecule has 76 valence electrons. The molecule has 5 nitrogen and oxygen atoms in total. The van der Waals surface area contributed by atoms with Crippen molar-refractivity contribution in [2.75, 3.05) is 0 Å². The van der Waals surface area contributed by atoms with Crippen molar-refractivity contribution >= 4 is 23.2 Å². The van der Waals surface area contributed by atoms with Crippen molar-refractivity contribution in [2.24, 2.45) is 5.84 Å². The zero-order valence-electron chi connectivity index (χ0n) is 7.66. The van der Waals surface area contributed by atoms with E-state index in [1.165, 1.54) is 0 Å². The van der Waals surface area contributed by atoms with Gasteiger partial charge in [0.15, 0.2) is 0 Å². The first kappa shape index (κ1) is 10.7. The fourth-order valence-corrected chi connectivity index (χ4v) is 1.75. The van der Waals surface area contributed by atoms with Crippen molar-refractivity contribution < 1.29 is 9.59 Å². The number of hydrazine groups is 1. The van der Waals surface area contributed by atoms with E-state index < -0.39 is 11.8 Å². The van der Waals surface area contributed by atoms with Crippen LogP contribution >= 0.6 is 11.3 Å². The van der Waals surface area contributed by atoms with Crippen LogP contribution in [-0.4, -0.2) is 11.8 Å². The summed E-state index contributed by atoms with van der Waals surface area (Å²) in [5, 5.41) is 6.36. The Labute approximate surface area is 85.3 Å². The van der Waals surface area contributed by atoms with Gasteiger partial charge in [-0.1, -0.05) is 0 Å². The van der Waals surface area contributed by atoms with E-state index >= 15 is 0 Å². The van der Waals surface area contributed by atoms with E-state index in [2.05, 4.69) is 5.32 Å². The monoisotopic (exact) mass is 213 g/mol. The van der Waals surface area contributed by atoms with Gasteiger partial charge in [0, 0.05) is 6.54 Å².